The molecule has 1 aliphatic rings. The first-order valence-corrected chi connectivity index (χ1v) is 11.2. The minimum Gasteiger partial charge on any atom is -0.497 e. The zero-order valence-corrected chi connectivity index (χ0v) is 18.7. The number of carbonyl (C=O) groups excluding carboxylic acids is 1. The Balaban J connectivity index is 1.78. The van der Waals surface area contributed by atoms with Crippen LogP contribution in [-0.2, 0) is 0 Å². The van der Waals surface area contributed by atoms with E-state index in [1.807, 2.05) is 68.6 Å². The monoisotopic (exact) mass is 436 g/mol. The van der Waals surface area contributed by atoms with Gasteiger partial charge in [0.1, 0.15) is 5.75 Å². The number of benzene rings is 2. The van der Waals surface area contributed by atoms with Gasteiger partial charge in [-0.3, -0.25) is 4.90 Å². The molecule has 3 aromatic rings. The van der Waals surface area contributed by atoms with E-state index in [2.05, 4.69) is 15.5 Å². The van der Waals surface area contributed by atoms with Crippen LogP contribution in [0.25, 0.3) is 17.0 Å². The molecule has 160 valence electrons. The first kappa shape index (κ1) is 21.0. The highest BCUT2D eigenvalue weighted by molar-refractivity contribution is 7.98. The highest BCUT2D eigenvalue weighted by atomic mass is 32.2. The van der Waals surface area contributed by atoms with Crippen LogP contribution in [0.3, 0.4) is 0 Å². The van der Waals surface area contributed by atoms with E-state index in [0.717, 1.165) is 27.3 Å². The summed E-state index contributed by atoms with van der Waals surface area (Å²) in [5.74, 6) is 1.60. The number of hydrogen-bond acceptors (Lipinski definition) is 6. The molecule has 0 radical (unpaired) electrons. The van der Waals surface area contributed by atoms with Crippen LogP contribution in [0, 0.1) is 0 Å². The summed E-state index contributed by atoms with van der Waals surface area (Å²) in [6, 6.07) is 15.0. The van der Waals surface area contributed by atoms with Crippen LogP contribution in [0.4, 0.5) is 4.79 Å². The lowest BCUT2D eigenvalue weighted by Gasteiger charge is -2.34. The third kappa shape index (κ3) is 4.03. The highest BCUT2D eigenvalue weighted by Crippen LogP contribution is 2.38. The predicted octanol–water partition coefficient (Wildman–Crippen LogP) is 4.98. The number of aromatic nitrogens is 2. The lowest BCUT2D eigenvalue weighted by molar-refractivity contribution is 0.207. The van der Waals surface area contributed by atoms with E-state index in [1.165, 1.54) is 0 Å². The molecule has 2 heterocycles. The molecule has 8 heteroatoms. The van der Waals surface area contributed by atoms with Gasteiger partial charge >= 0.3 is 6.03 Å². The Labute approximate surface area is 185 Å². The number of amides is 2. The van der Waals surface area contributed by atoms with Crippen molar-refractivity contribution in [1.82, 2.24) is 20.4 Å². The Hall–Kier alpha value is -3.26. The molecule has 0 saturated carbocycles. The molecule has 4 rings (SSSR count). The number of thioether (sulfide) groups is 1. The zero-order chi connectivity index (χ0) is 22.0. The Morgan fingerprint density at radius 3 is 2.68 bits per heavy atom. The second-order valence-electron chi connectivity index (χ2n) is 7.05. The average Bonchev–Trinajstić information content (AvgIpc) is 3.28. The molecule has 1 aromatic heterocycles. The van der Waals surface area contributed by atoms with E-state index in [-0.39, 0.29) is 6.03 Å². The number of carbonyl (C=O) groups is 1. The van der Waals surface area contributed by atoms with Crippen molar-refractivity contribution >= 4 is 23.4 Å². The van der Waals surface area contributed by atoms with Gasteiger partial charge in [0.2, 0.25) is 5.82 Å². The standard InChI is InChI=1S/C23H24N4O3S/c1-5-27-14(2)19(20(24-23(27)28)16-7-6-8-17(13-16)29-3)22-25-21(26-30-22)15-9-11-18(31-4)12-10-15/h6-13,20H,5H2,1-4H3,(H,24,28). The fourth-order valence-electron chi connectivity index (χ4n) is 3.70. The molecular formula is C23H24N4O3S. The summed E-state index contributed by atoms with van der Waals surface area (Å²) >= 11 is 1.68. The summed E-state index contributed by atoms with van der Waals surface area (Å²) in [4.78, 5) is 20.2. The van der Waals surface area contributed by atoms with Crippen LogP contribution in [0.5, 0.6) is 5.75 Å². The van der Waals surface area contributed by atoms with E-state index < -0.39 is 6.04 Å². The first-order valence-electron chi connectivity index (χ1n) is 9.97. The summed E-state index contributed by atoms with van der Waals surface area (Å²) in [6.45, 7) is 4.37. The SMILES string of the molecule is CCN1C(=O)NC(c2cccc(OC)c2)C(c2nc(-c3ccc(SC)cc3)no2)=C1C. The Kier molecular flexibility index (Phi) is 5.99. The second kappa shape index (κ2) is 8.85. The van der Waals surface area contributed by atoms with Crippen LogP contribution in [0.2, 0.25) is 0 Å². The topological polar surface area (TPSA) is 80.5 Å². The van der Waals surface area contributed by atoms with Crippen molar-refractivity contribution in [1.29, 1.82) is 0 Å². The van der Waals surface area contributed by atoms with Gasteiger partial charge in [-0.15, -0.1) is 11.8 Å². The lowest BCUT2D eigenvalue weighted by Crippen LogP contribution is -2.45. The van der Waals surface area contributed by atoms with Gasteiger partial charge in [-0.1, -0.05) is 17.3 Å². The highest BCUT2D eigenvalue weighted by Gasteiger charge is 2.35. The van der Waals surface area contributed by atoms with Gasteiger partial charge in [-0.05, 0) is 62.1 Å². The molecular weight excluding hydrogens is 412 g/mol. The number of nitrogens with one attached hydrogen (secondary N) is 1. The molecule has 0 bridgehead atoms. The van der Waals surface area contributed by atoms with E-state index in [1.54, 1.807) is 23.8 Å². The van der Waals surface area contributed by atoms with Gasteiger partial charge in [-0.25, -0.2) is 4.79 Å². The molecule has 2 aromatic carbocycles. The molecule has 1 unspecified atom stereocenters. The Bertz CT molecular complexity index is 1120. The van der Waals surface area contributed by atoms with Crippen molar-refractivity contribution in [3.05, 3.63) is 65.7 Å². The van der Waals surface area contributed by atoms with Crippen molar-refractivity contribution in [2.24, 2.45) is 0 Å². The molecule has 7 nitrogen and oxygen atoms in total. The van der Waals surface area contributed by atoms with Crippen molar-refractivity contribution in [2.75, 3.05) is 19.9 Å². The van der Waals surface area contributed by atoms with Crippen molar-refractivity contribution < 1.29 is 14.1 Å². The van der Waals surface area contributed by atoms with Crippen LogP contribution in [0.1, 0.15) is 31.3 Å². The summed E-state index contributed by atoms with van der Waals surface area (Å²) in [6.07, 6.45) is 2.03. The van der Waals surface area contributed by atoms with Gasteiger partial charge in [0, 0.05) is 22.7 Å². The lowest BCUT2D eigenvalue weighted by atomic mass is 9.94. The minimum absolute atomic E-state index is 0.163. The fraction of sp³-hybridized carbons (Fsp3) is 0.261. The van der Waals surface area contributed by atoms with Gasteiger partial charge in [0.05, 0.1) is 18.7 Å². The van der Waals surface area contributed by atoms with Crippen LogP contribution < -0.4 is 10.1 Å². The quantitative estimate of drug-likeness (QED) is 0.549. The van der Waals surface area contributed by atoms with Crippen LogP contribution in [-0.4, -0.2) is 41.0 Å². The molecule has 1 atom stereocenters. The largest absolute Gasteiger partial charge is 0.497 e. The number of allylic oxidation sites excluding steroid dienone is 1. The molecule has 31 heavy (non-hydrogen) atoms. The molecule has 2 amide bonds. The van der Waals surface area contributed by atoms with E-state index in [0.29, 0.717) is 24.0 Å². The fourth-order valence-corrected chi connectivity index (χ4v) is 4.11. The Morgan fingerprint density at radius 1 is 1.23 bits per heavy atom. The maximum absolute atomic E-state index is 12.7. The van der Waals surface area contributed by atoms with Crippen molar-refractivity contribution in [3.8, 4) is 17.1 Å². The number of methoxy groups -OCH3 is 1. The summed E-state index contributed by atoms with van der Waals surface area (Å²) in [7, 11) is 1.62. The number of nitrogens with zero attached hydrogens (tertiary/aromatic N) is 3. The maximum atomic E-state index is 12.7. The molecule has 0 aliphatic carbocycles. The van der Waals surface area contributed by atoms with Gasteiger partial charge < -0.3 is 14.6 Å². The number of urea groups is 1. The predicted molar refractivity (Wildman–Crippen MR) is 121 cm³/mol. The van der Waals surface area contributed by atoms with Crippen LogP contribution >= 0.6 is 11.8 Å². The average molecular weight is 437 g/mol. The van der Waals surface area contributed by atoms with Crippen molar-refractivity contribution in [3.63, 3.8) is 0 Å². The van der Waals surface area contributed by atoms with E-state index >= 15 is 0 Å². The summed E-state index contributed by atoms with van der Waals surface area (Å²) in [5.41, 5.74) is 3.30. The molecule has 1 N–H and O–H groups in total. The normalized spacial score (nSPS) is 16.5. The van der Waals surface area contributed by atoms with E-state index in [4.69, 9.17) is 9.26 Å². The third-order valence-electron chi connectivity index (χ3n) is 5.34. The smallest absolute Gasteiger partial charge is 0.322 e. The zero-order valence-electron chi connectivity index (χ0n) is 17.9. The molecule has 0 spiro atoms. The van der Waals surface area contributed by atoms with Gasteiger partial charge in [0.15, 0.2) is 0 Å². The minimum atomic E-state index is -0.433. The van der Waals surface area contributed by atoms with Crippen LogP contribution in [0.15, 0.2) is 63.6 Å². The number of hydrogen-bond donors (Lipinski definition) is 1. The number of ether oxygens (including phenoxy) is 1. The molecule has 0 fully saturated rings. The Morgan fingerprint density at radius 2 is 2.00 bits per heavy atom. The summed E-state index contributed by atoms with van der Waals surface area (Å²) < 4.78 is 11.1. The summed E-state index contributed by atoms with van der Waals surface area (Å²) in [5, 5.41) is 7.27. The van der Waals surface area contributed by atoms with E-state index in [9.17, 15) is 4.79 Å². The van der Waals surface area contributed by atoms with Crippen molar-refractivity contribution in [2.45, 2.75) is 24.8 Å². The second-order valence-corrected chi connectivity index (χ2v) is 7.93. The van der Waals surface area contributed by atoms with Gasteiger partial charge in [0.25, 0.3) is 5.89 Å². The number of rotatable bonds is 6. The molecule has 0 saturated heterocycles. The third-order valence-corrected chi connectivity index (χ3v) is 6.09. The maximum Gasteiger partial charge on any atom is 0.322 e. The van der Waals surface area contributed by atoms with Gasteiger partial charge in [-0.2, -0.15) is 4.98 Å². The first-order chi connectivity index (χ1) is 15.0. The molecule has 1 aliphatic heterocycles.